The molecular formula is C11H13Br2NO2. The second-order valence-electron chi connectivity index (χ2n) is 3.34. The number of benzene rings is 1. The van der Waals surface area contributed by atoms with Crippen molar-refractivity contribution >= 4 is 43.5 Å². The van der Waals surface area contributed by atoms with Gasteiger partial charge in [-0.2, -0.15) is 0 Å². The van der Waals surface area contributed by atoms with Gasteiger partial charge in [-0.15, -0.1) is 0 Å². The Balaban J connectivity index is 2.55. The quantitative estimate of drug-likeness (QED) is 0.669. The molecule has 1 aromatic rings. The minimum atomic E-state index is -0.336. The summed E-state index contributed by atoms with van der Waals surface area (Å²) in [5.74, 6) is -0.279. The zero-order chi connectivity index (χ0) is 12.1. The van der Waals surface area contributed by atoms with Gasteiger partial charge in [0.05, 0.1) is 7.11 Å². The number of carbonyl (C=O) groups excluding carboxylic acids is 1. The zero-order valence-corrected chi connectivity index (χ0v) is 12.3. The summed E-state index contributed by atoms with van der Waals surface area (Å²) in [4.78, 5) is 10.8. The smallest absolute Gasteiger partial charge is 0.321 e. The number of hydrogen-bond donors (Lipinski definition) is 1. The molecule has 0 radical (unpaired) electrons. The van der Waals surface area contributed by atoms with Gasteiger partial charge in [-0.3, -0.25) is 4.79 Å². The van der Waals surface area contributed by atoms with Crippen LogP contribution in [0.2, 0.25) is 0 Å². The number of rotatable bonds is 4. The summed E-state index contributed by atoms with van der Waals surface area (Å²) < 4.78 is 5.65. The van der Waals surface area contributed by atoms with Crippen molar-refractivity contribution in [1.29, 1.82) is 0 Å². The molecule has 88 valence electrons. The highest BCUT2D eigenvalue weighted by Gasteiger charge is 2.14. The first-order valence-corrected chi connectivity index (χ1v) is 6.47. The molecule has 5 heteroatoms. The second kappa shape index (κ2) is 6.25. The van der Waals surface area contributed by atoms with Crippen molar-refractivity contribution in [2.75, 3.05) is 19.0 Å². The summed E-state index contributed by atoms with van der Waals surface area (Å²) in [5, 5.41) is 3.15. The Hall–Kier alpha value is -0.550. The molecule has 1 atom stereocenters. The maximum atomic E-state index is 11.1. The summed E-state index contributed by atoms with van der Waals surface area (Å²) in [7, 11) is 1.37. The average molecular weight is 351 g/mol. The van der Waals surface area contributed by atoms with Crippen LogP contribution in [-0.4, -0.2) is 24.5 Å². The van der Waals surface area contributed by atoms with Crippen molar-refractivity contribution < 1.29 is 9.53 Å². The molecule has 0 amide bonds. The number of anilines is 1. The number of aryl methyl sites for hydroxylation is 1. The highest BCUT2D eigenvalue weighted by Crippen LogP contribution is 2.20. The van der Waals surface area contributed by atoms with Crippen LogP contribution in [0.5, 0.6) is 0 Å². The van der Waals surface area contributed by atoms with Gasteiger partial charge in [0, 0.05) is 16.7 Å². The highest BCUT2D eigenvalue weighted by molar-refractivity contribution is 9.10. The topological polar surface area (TPSA) is 38.3 Å². The van der Waals surface area contributed by atoms with Gasteiger partial charge < -0.3 is 10.1 Å². The average Bonchev–Trinajstić information content (AvgIpc) is 2.29. The molecule has 1 N–H and O–H groups in total. The molecule has 3 nitrogen and oxygen atoms in total. The minimum absolute atomic E-state index is 0.279. The van der Waals surface area contributed by atoms with E-state index in [4.69, 9.17) is 0 Å². The van der Waals surface area contributed by atoms with Crippen molar-refractivity contribution in [2.24, 2.45) is 0 Å². The SMILES string of the molecule is COC(=O)C(Br)CNc1ccc(C)c(Br)c1. The third-order valence-electron chi connectivity index (χ3n) is 2.11. The maximum Gasteiger partial charge on any atom is 0.321 e. The number of esters is 1. The van der Waals surface area contributed by atoms with E-state index in [1.54, 1.807) is 0 Å². The van der Waals surface area contributed by atoms with Crippen LogP contribution in [0.1, 0.15) is 5.56 Å². The summed E-state index contributed by atoms with van der Waals surface area (Å²) in [6.07, 6.45) is 0. The first kappa shape index (κ1) is 13.5. The molecule has 0 heterocycles. The predicted molar refractivity (Wildman–Crippen MR) is 72.1 cm³/mol. The van der Waals surface area contributed by atoms with Crippen LogP contribution in [0.3, 0.4) is 0 Å². The van der Waals surface area contributed by atoms with E-state index in [0.29, 0.717) is 6.54 Å². The maximum absolute atomic E-state index is 11.1. The van der Waals surface area contributed by atoms with Crippen molar-refractivity contribution in [1.82, 2.24) is 0 Å². The Bertz CT molecular complexity index is 382. The molecule has 1 rings (SSSR count). The lowest BCUT2D eigenvalue weighted by Gasteiger charge is -2.11. The predicted octanol–water partition coefficient (Wildman–Crippen LogP) is 3.11. The molecule has 0 aliphatic heterocycles. The fourth-order valence-electron chi connectivity index (χ4n) is 1.12. The molecule has 0 aliphatic carbocycles. The molecule has 16 heavy (non-hydrogen) atoms. The monoisotopic (exact) mass is 349 g/mol. The van der Waals surface area contributed by atoms with Crippen molar-refractivity contribution in [3.63, 3.8) is 0 Å². The normalized spacial score (nSPS) is 12.0. The summed E-state index contributed by atoms with van der Waals surface area (Å²) in [6.45, 7) is 2.51. The Kier molecular flexibility index (Phi) is 5.28. The van der Waals surface area contributed by atoms with Gasteiger partial charge >= 0.3 is 5.97 Å². The minimum Gasteiger partial charge on any atom is -0.468 e. The van der Waals surface area contributed by atoms with E-state index in [-0.39, 0.29) is 10.8 Å². The number of alkyl halides is 1. The fourth-order valence-corrected chi connectivity index (χ4v) is 1.85. The highest BCUT2D eigenvalue weighted by atomic mass is 79.9. The van der Waals surface area contributed by atoms with Crippen molar-refractivity contribution in [2.45, 2.75) is 11.8 Å². The van der Waals surface area contributed by atoms with Gasteiger partial charge in [-0.1, -0.05) is 37.9 Å². The van der Waals surface area contributed by atoms with Crippen LogP contribution in [0.4, 0.5) is 5.69 Å². The third-order valence-corrected chi connectivity index (χ3v) is 3.67. The first-order chi connectivity index (χ1) is 7.54. The second-order valence-corrected chi connectivity index (χ2v) is 5.30. The van der Waals surface area contributed by atoms with Crippen LogP contribution in [0, 0.1) is 6.92 Å². The molecule has 1 unspecified atom stereocenters. The molecule has 0 saturated carbocycles. The van der Waals surface area contributed by atoms with Gasteiger partial charge in [0.15, 0.2) is 0 Å². The number of methoxy groups -OCH3 is 1. The van der Waals surface area contributed by atoms with Crippen LogP contribution >= 0.6 is 31.9 Å². The molecule has 0 spiro atoms. The van der Waals surface area contributed by atoms with Crippen molar-refractivity contribution in [3.8, 4) is 0 Å². The Morgan fingerprint density at radius 2 is 2.25 bits per heavy atom. The summed E-state index contributed by atoms with van der Waals surface area (Å²) in [5.41, 5.74) is 2.14. The third kappa shape index (κ3) is 3.79. The van der Waals surface area contributed by atoms with Crippen LogP contribution in [0.15, 0.2) is 22.7 Å². The number of ether oxygens (including phenoxy) is 1. The molecule has 0 fully saturated rings. The molecule has 0 saturated heterocycles. The van der Waals surface area contributed by atoms with Crippen LogP contribution in [-0.2, 0) is 9.53 Å². The molecule has 0 bridgehead atoms. The molecule has 0 aliphatic rings. The van der Waals surface area contributed by atoms with E-state index in [1.165, 1.54) is 12.7 Å². The Morgan fingerprint density at radius 1 is 1.56 bits per heavy atom. The summed E-state index contributed by atoms with van der Waals surface area (Å²) >= 11 is 6.70. The van der Waals surface area contributed by atoms with Crippen LogP contribution < -0.4 is 5.32 Å². The van der Waals surface area contributed by atoms with E-state index >= 15 is 0 Å². The number of halogens is 2. The van der Waals surface area contributed by atoms with Gasteiger partial charge in [0.1, 0.15) is 4.83 Å². The van der Waals surface area contributed by atoms with Gasteiger partial charge in [-0.25, -0.2) is 0 Å². The molecular weight excluding hydrogens is 338 g/mol. The van der Waals surface area contributed by atoms with E-state index in [2.05, 4.69) is 41.9 Å². The van der Waals surface area contributed by atoms with E-state index in [0.717, 1.165) is 10.2 Å². The summed E-state index contributed by atoms with van der Waals surface area (Å²) in [6, 6.07) is 5.96. The number of carbonyl (C=O) groups is 1. The lowest BCUT2D eigenvalue weighted by atomic mass is 10.2. The molecule has 1 aromatic carbocycles. The lowest BCUT2D eigenvalue weighted by molar-refractivity contribution is -0.139. The first-order valence-electron chi connectivity index (χ1n) is 4.76. The fraction of sp³-hybridized carbons (Fsp3) is 0.364. The van der Waals surface area contributed by atoms with E-state index in [1.807, 2.05) is 25.1 Å². The van der Waals surface area contributed by atoms with Gasteiger partial charge in [-0.05, 0) is 24.6 Å². The zero-order valence-electron chi connectivity index (χ0n) is 9.09. The Labute approximate surface area is 112 Å². The van der Waals surface area contributed by atoms with Gasteiger partial charge in [0.25, 0.3) is 0 Å². The molecule has 0 aromatic heterocycles. The standard InChI is InChI=1S/C11H13Br2NO2/c1-7-3-4-8(5-9(7)12)14-6-10(13)11(15)16-2/h3-5,10,14H,6H2,1-2H3. The van der Waals surface area contributed by atoms with Crippen molar-refractivity contribution in [3.05, 3.63) is 28.2 Å². The Morgan fingerprint density at radius 3 is 2.81 bits per heavy atom. The number of nitrogens with one attached hydrogen (secondary N) is 1. The lowest BCUT2D eigenvalue weighted by Crippen LogP contribution is -2.24. The van der Waals surface area contributed by atoms with E-state index in [9.17, 15) is 4.79 Å². The largest absolute Gasteiger partial charge is 0.468 e. The van der Waals surface area contributed by atoms with Crippen LogP contribution in [0.25, 0.3) is 0 Å². The van der Waals surface area contributed by atoms with Gasteiger partial charge in [0.2, 0.25) is 0 Å². The number of hydrogen-bond acceptors (Lipinski definition) is 3. The van der Waals surface area contributed by atoms with E-state index < -0.39 is 0 Å².